The second kappa shape index (κ2) is 7.91. The number of hydrogen-bond donors (Lipinski definition) is 1. The smallest absolute Gasteiger partial charge is 0.336 e. The number of nitrogens with one attached hydrogen (secondary N) is 1. The first-order valence-corrected chi connectivity index (χ1v) is 10.5. The Morgan fingerprint density at radius 2 is 2.13 bits per heavy atom. The maximum atomic E-state index is 12.8. The molecule has 1 atom stereocenters. The van der Waals surface area contributed by atoms with Crippen molar-refractivity contribution < 1.29 is 13.9 Å². The van der Waals surface area contributed by atoms with E-state index in [-0.39, 0.29) is 18.4 Å². The predicted molar refractivity (Wildman–Crippen MR) is 117 cm³/mol. The highest BCUT2D eigenvalue weighted by Crippen LogP contribution is 2.27. The summed E-state index contributed by atoms with van der Waals surface area (Å²) in [6, 6.07) is 14.7. The van der Waals surface area contributed by atoms with E-state index in [1.54, 1.807) is 12.1 Å². The molecule has 1 saturated heterocycles. The molecular weight excluding hydrogens is 394 g/mol. The number of fused-ring (bicyclic) bond motifs is 2. The number of para-hydroxylation sites is 2. The Kier molecular flexibility index (Phi) is 4.94. The van der Waals surface area contributed by atoms with Gasteiger partial charge in [0.1, 0.15) is 17.2 Å². The summed E-state index contributed by atoms with van der Waals surface area (Å²) in [7, 11) is 0. The second-order valence-electron chi connectivity index (χ2n) is 8.01. The van der Waals surface area contributed by atoms with Gasteiger partial charge in [0.05, 0.1) is 11.0 Å². The molecule has 7 nitrogen and oxygen atoms in total. The van der Waals surface area contributed by atoms with Crippen LogP contribution in [0.5, 0.6) is 5.75 Å². The number of benzene rings is 2. The van der Waals surface area contributed by atoms with Gasteiger partial charge in [-0.25, -0.2) is 9.78 Å². The standard InChI is InChI=1S/C24H23N3O4/c1-15-11-23(29)31-21-12-17(8-9-18(15)21)30-14-22(28)27-10-4-5-16(13-27)24-25-19-6-2-3-7-20(19)26-24/h2-3,6-9,11-12,16H,4-5,10,13-14H2,1H3,(H,25,26). The normalized spacial score (nSPS) is 16.7. The van der Waals surface area contributed by atoms with Crippen LogP contribution in [0.15, 0.2) is 57.7 Å². The number of ether oxygens (including phenoxy) is 1. The van der Waals surface area contributed by atoms with Crippen LogP contribution >= 0.6 is 0 Å². The minimum absolute atomic E-state index is 0.0611. The van der Waals surface area contributed by atoms with Gasteiger partial charge in [-0.2, -0.15) is 0 Å². The van der Waals surface area contributed by atoms with Crippen LogP contribution in [-0.4, -0.2) is 40.5 Å². The lowest BCUT2D eigenvalue weighted by Gasteiger charge is -2.31. The Bertz CT molecular complexity index is 1290. The third-order valence-corrected chi connectivity index (χ3v) is 5.85. The number of aromatic nitrogens is 2. The average molecular weight is 417 g/mol. The van der Waals surface area contributed by atoms with E-state index in [1.807, 2.05) is 42.2 Å². The summed E-state index contributed by atoms with van der Waals surface area (Å²) >= 11 is 0. The lowest BCUT2D eigenvalue weighted by molar-refractivity contribution is -0.134. The number of carbonyl (C=O) groups is 1. The van der Waals surface area contributed by atoms with Crippen molar-refractivity contribution in [3.63, 3.8) is 0 Å². The monoisotopic (exact) mass is 417 g/mol. The van der Waals surface area contributed by atoms with Gasteiger partial charge >= 0.3 is 5.63 Å². The molecule has 0 aliphatic carbocycles. The number of carbonyl (C=O) groups excluding carboxylic acids is 1. The molecule has 0 spiro atoms. The maximum absolute atomic E-state index is 12.8. The van der Waals surface area contributed by atoms with E-state index in [1.165, 1.54) is 6.07 Å². The van der Waals surface area contributed by atoms with Crippen LogP contribution in [0.2, 0.25) is 0 Å². The fourth-order valence-corrected chi connectivity index (χ4v) is 4.22. The van der Waals surface area contributed by atoms with Crippen LogP contribution in [0.4, 0.5) is 0 Å². The number of rotatable bonds is 4. The van der Waals surface area contributed by atoms with Crippen molar-refractivity contribution in [2.75, 3.05) is 19.7 Å². The van der Waals surface area contributed by atoms with Gasteiger partial charge in [0.15, 0.2) is 6.61 Å². The molecule has 0 bridgehead atoms. The fraction of sp³-hybridized carbons (Fsp3) is 0.292. The second-order valence-corrected chi connectivity index (χ2v) is 8.01. The van der Waals surface area contributed by atoms with Gasteiger partial charge in [-0.3, -0.25) is 4.79 Å². The van der Waals surface area contributed by atoms with Crippen LogP contribution in [0, 0.1) is 6.92 Å². The van der Waals surface area contributed by atoms with Crippen molar-refractivity contribution >= 4 is 27.9 Å². The lowest BCUT2D eigenvalue weighted by Crippen LogP contribution is -2.41. The number of H-pyrrole nitrogens is 1. The Hall–Kier alpha value is -3.61. The summed E-state index contributed by atoms with van der Waals surface area (Å²) in [5.41, 5.74) is 2.87. The number of nitrogens with zero attached hydrogens (tertiary/aromatic N) is 2. The Morgan fingerprint density at radius 1 is 1.26 bits per heavy atom. The molecule has 2 aromatic carbocycles. The van der Waals surface area contributed by atoms with E-state index in [9.17, 15) is 9.59 Å². The van der Waals surface area contributed by atoms with Crippen molar-refractivity contribution in [1.29, 1.82) is 0 Å². The number of likely N-dealkylation sites (tertiary alicyclic amines) is 1. The van der Waals surface area contributed by atoms with Gasteiger partial charge in [0, 0.05) is 36.5 Å². The van der Waals surface area contributed by atoms with Gasteiger partial charge in [-0.05, 0) is 49.6 Å². The first kappa shape index (κ1) is 19.4. The highest BCUT2D eigenvalue weighted by atomic mass is 16.5. The van der Waals surface area contributed by atoms with Gasteiger partial charge in [-0.15, -0.1) is 0 Å². The molecule has 1 amide bonds. The topological polar surface area (TPSA) is 88.4 Å². The van der Waals surface area contributed by atoms with E-state index in [2.05, 4.69) is 4.98 Å². The number of hydrogen-bond acceptors (Lipinski definition) is 5. The molecule has 5 rings (SSSR count). The molecule has 1 N–H and O–H groups in total. The number of aryl methyl sites for hydroxylation is 1. The van der Waals surface area contributed by atoms with E-state index < -0.39 is 5.63 Å². The summed E-state index contributed by atoms with van der Waals surface area (Å²) in [5, 5.41) is 0.850. The van der Waals surface area contributed by atoms with Crippen LogP contribution in [0.3, 0.4) is 0 Å². The van der Waals surface area contributed by atoms with Crippen molar-refractivity contribution in [2.24, 2.45) is 0 Å². The molecule has 158 valence electrons. The van der Waals surface area contributed by atoms with E-state index in [0.717, 1.165) is 40.6 Å². The minimum atomic E-state index is -0.400. The van der Waals surface area contributed by atoms with Gasteiger partial charge in [0.25, 0.3) is 5.91 Å². The summed E-state index contributed by atoms with van der Waals surface area (Å²) in [6.45, 7) is 3.13. The van der Waals surface area contributed by atoms with Gasteiger partial charge in [-0.1, -0.05) is 12.1 Å². The molecule has 3 heterocycles. The quantitative estimate of drug-likeness (QED) is 0.511. The highest BCUT2D eigenvalue weighted by Gasteiger charge is 2.27. The Labute approximate surface area is 178 Å². The number of amides is 1. The largest absolute Gasteiger partial charge is 0.484 e. The molecule has 0 saturated carbocycles. The molecule has 31 heavy (non-hydrogen) atoms. The van der Waals surface area contributed by atoms with Crippen LogP contribution < -0.4 is 10.4 Å². The zero-order valence-corrected chi connectivity index (χ0v) is 17.3. The molecule has 0 radical (unpaired) electrons. The molecule has 7 heteroatoms. The van der Waals surface area contributed by atoms with Crippen molar-refractivity contribution in [3.8, 4) is 5.75 Å². The molecule has 1 fully saturated rings. The molecular formula is C24H23N3O4. The third-order valence-electron chi connectivity index (χ3n) is 5.85. The van der Waals surface area contributed by atoms with Gasteiger partial charge < -0.3 is 19.0 Å². The molecule has 4 aromatic rings. The zero-order chi connectivity index (χ0) is 21.4. The fourth-order valence-electron chi connectivity index (χ4n) is 4.22. The maximum Gasteiger partial charge on any atom is 0.336 e. The molecule has 1 unspecified atom stereocenters. The number of imidazole rings is 1. The van der Waals surface area contributed by atoms with Gasteiger partial charge in [0.2, 0.25) is 0 Å². The minimum Gasteiger partial charge on any atom is -0.484 e. The molecule has 1 aliphatic rings. The SMILES string of the molecule is Cc1cc(=O)oc2cc(OCC(=O)N3CCCC(c4nc5ccccc5[nH]4)C3)ccc12. The summed E-state index contributed by atoms with van der Waals surface area (Å²) in [5.74, 6) is 1.55. The zero-order valence-electron chi connectivity index (χ0n) is 17.3. The Balaban J connectivity index is 1.26. The summed E-state index contributed by atoms with van der Waals surface area (Å²) < 4.78 is 11.0. The van der Waals surface area contributed by atoms with E-state index in [4.69, 9.17) is 14.1 Å². The summed E-state index contributed by atoms with van der Waals surface area (Å²) in [6.07, 6.45) is 1.92. The molecule has 2 aromatic heterocycles. The van der Waals surface area contributed by atoms with Crippen molar-refractivity contribution in [3.05, 3.63) is 70.3 Å². The van der Waals surface area contributed by atoms with Crippen LogP contribution in [-0.2, 0) is 4.79 Å². The van der Waals surface area contributed by atoms with E-state index in [0.29, 0.717) is 24.4 Å². The third kappa shape index (κ3) is 3.91. The predicted octanol–water partition coefficient (Wildman–Crippen LogP) is 3.76. The van der Waals surface area contributed by atoms with Crippen LogP contribution in [0.1, 0.15) is 30.1 Å². The lowest BCUT2D eigenvalue weighted by atomic mass is 9.97. The van der Waals surface area contributed by atoms with Crippen molar-refractivity contribution in [2.45, 2.75) is 25.7 Å². The first-order valence-electron chi connectivity index (χ1n) is 10.5. The number of piperidine rings is 1. The Morgan fingerprint density at radius 3 is 3.00 bits per heavy atom. The average Bonchev–Trinajstić information content (AvgIpc) is 3.21. The highest BCUT2D eigenvalue weighted by molar-refractivity contribution is 5.82. The molecule has 1 aliphatic heterocycles. The van der Waals surface area contributed by atoms with Crippen molar-refractivity contribution in [1.82, 2.24) is 14.9 Å². The number of aromatic amines is 1. The first-order chi connectivity index (χ1) is 15.1. The van der Waals surface area contributed by atoms with Crippen LogP contribution in [0.25, 0.3) is 22.0 Å². The van der Waals surface area contributed by atoms with E-state index >= 15 is 0 Å². The summed E-state index contributed by atoms with van der Waals surface area (Å²) in [4.78, 5) is 34.3.